The van der Waals surface area contributed by atoms with Crippen LogP contribution in [0.3, 0.4) is 0 Å². The highest BCUT2D eigenvalue weighted by Crippen LogP contribution is 2.32. The third-order valence-corrected chi connectivity index (χ3v) is 4.24. The maximum Gasteiger partial charge on any atom is 0.293 e. The Bertz CT molecular complexity index is 989. The van der Waals surface area contributed by atoms with Crippen LogP contribution in [0, 0.1) is 27.2 Å². The fourth-order valence-corrected chi connectivity index (χ4v) is 2.83. The fourth-order valence-electron chi connectivity index (χ4n) is 2.83. The van der Waals surface area contributed by atoms with E-state index >= 15 is 0 Å². The maximum atomic E-state index is 12.9. The molecule has 0 spiro atoms. The van der Waals surface area contributed by atoms with E-state index in [9.17, 15) is 29.8 Å². The molecular formula is C19H20N4O6. The van der Waals surface area contributed by atoms with Gasteiger partial charge in [-0.1, -0.05) is 19.1 Å². The molecule has 0 bridgehead atoms. The van der Waals surface area contributed by atoms with Crippen LogP contribution in [0.1, 0.15) is 35.7 Å². The van der Waals surface area contributed by atoms with Gasteiger partial charge in [-0.05, 0) is 31.0 Å². The summed E-state index contributed by atoms with van der Waals surface area (Å²) in [5.74, 6) is -1.02. The zero-order valence-electron chi connectivity index (χ0n) is 16.2. The zero-order valence-corrected chi connectivity index (χ0v) is 16.2. The summed E-state index contributed by atoms with van der Waals surface area (Å²) in [6.07, 6.45) is 0.785. The lowest BCUT2D eigenvalue weighted by Gasteiger charge is -2.18. The number of nitrogens with zero attached hydrogens (tertiary/aromatic N) is 3. The third kappa shape index (κ3) is 4.72. The number of carbonyl (C=O) groups excluding carboxylic acids is 2. The predicted molar refractivity (Wildman–Crippen MR) is 107 cm³/mol. The molecule has 0 aliphatic heterocycles. The minimum atomic E-state index is -0.684. The molecule has 1 N–H and O–H groups in total. The summed E-state index contributed by atoms with van der Waals surface area (Å²) in [7, 11) is 1.35. The summed E-state index contributed by atoms with van der Waals surface area (Å²) >= 11 is 0. The van der Waals surface area contributed by atoms with E-state index in [1.807, 2.05) is 0 Å². The Morgan fingerprint density at radius 3 is 2.28 bits per heavy atom. The number of nitro groups is 2. The number of nitro benzene ring substituents is 2. The summed E-state index contributed by atoms with van der Waals surface area (Å²) < 4.78 is 0. The van der Waals surface area contributed by atoms with Crippen LogP contribution in [0.4, 0.5) is 22.7 Å². The smallest absolute Gasteiger partial charge is 0.293 e. The summed E-state index contributed by atoms with van der Waals surface area (Å²) in [6.45, 7) is 3.34. The molecule has 29 heavy (non-hydrogen) atoms. The van der Waals surface area contributed by atoms with Gasteiger partial charge >= 0.3 is 0 Å². The van der Waals surface area contributed by atoms with Crippen LogP contribution in [0.2, 0.25) is 0 Å². The largest absolute Gasteiger partial charge is 0.320 e. The third-order valence-electron chi connectivity index (χ3n) is 4.24. The first kappa shape index (κ1) is 21.5. The number of nitrogens with one attached hydrogen (secondary N) is 1. The Morgan fingerprint density at radius 1 is 1.07 bits per heavy atom. The van der Waals surface area contributed by atoms with Gasteiger partial charge in [0, 0.05) is 31.2 Å². The van der Waals surface area contributed by atoms with E-state index in [2.05, 4.69) is 5.32 Å². The van der Waals surface area contributed by atoms with E-state index in [0.717, 1.165) is 11.0 Å². The van der Waals surface area contributed by atoms with Gasteiger partial charge in [-0.15, -0.1) is 0 Å². The second-order valence-electron chi connectivity index (χ2n) is 6.35. The molecule has 10 nitrogen and oxygen atoms in total. The van der Waals surface area contributed by atoms with E-state index < -0.39 is 21.4 Å². The molecule has 0 atom stereocenters. The van der Waals surface area contributed by atoms with Crippen molar-refractivity contribution in [3.05, 3.63) is 67.8 Å². The Labute approximate surface area is 166 Å². The van der Waals surface area contributed by atoms with Gasteiger partial charge in [0.25, 0.3) is 17.3 Å². The summed E-state index contributed by atoms with van der Waals surface area (Å²) in [4.78, 5) is 47.3. The molecule has 0 saturated carbocycles. The molecule has 0 unspecified atom stereocenters. The zero-order chi connectivity index (χ0) is 21.7. The standard InChI is InChI=1S/C19H20N4O6/c1-4-7-17(24)20-18-12(2)10-13(11-16(18)23(28)29)19(25)21(3)14-8-5-6-9-15(14)22(26)27/h5-6,8-11H,4,7H2,1-3H3,(H,20,24). The highest BCUT2D eigenvalue weighted by Gasteiger charge is 2.26. The molecule has 0 fully saturated rings. The molecule has 2 aromatic carbocycles. The van der Waals surface area contributed by atoms with Gasteiger partial charge in [-0.25, -0.2) is 0 Å². The second-order valence-corrected chi connectivity index (χ2v) is 6.35. The molecule has 0 aromatic heterocycles. The van der Waals surface area contributed by atoms with Crippen LogP contribution >= 0.6 is 0 Å². The Morgan fingerprint density at radius 2 is 1.69 bits per heavy atom. The molecule has 152 valence electrons. The van der Waals surface area contributed by atoms with Crippen LogP contribution < -0.4 is 10.2 Å². The van der Waals surface area contributed by atoms with E-state index in [4.69, 9.17) is 0 Å². The maximum absolute atomic E-state index is 12.9. The number of carbonyl (C=O) groups is 2. The molecule has 0 aliphatic carbocycles. The average molecular weight is 400 g/mol. The lowest BCUT2D eigenvalue weighted by Crippen LogP contribution is -2.27. The van der Waals surface area contributed by atoms with Gasteiger partial charge in [0.1, 0.15) is 11.4 Å². The molecule has 10 heteroatoms. The number of rotatable bonds is 7. The van der Waals surface area contributed by atoms with Crippen LogP contribution in [-0.4, -0.2) is 28.7 Å². The molecule has 2 aromatic rings. The van der Waals surface area contributed by atoms with Gasteiger partial charge in [-0.2, -0.15) is 0 Å². The summed E-state index contributed by atoms with van der Waals surface area (Å²) in [6, 6.07) is 8.16. The van der Waals surface area contributed by atoms with Crippen molar-refractivity contribution in [2.24, 2.45) is 0 Å². The Kier molecular flexibility index (Phi) is 6.60. The summed E-state index contributed by atoms with van der Waals surface area (Å²) in [5.41, 5.74) is -0.292. The van der Waals surface area contributed by atoms with Gasteiger partial charge in [-0.3, -0.25) is 29.8 Å². The first-order chi connectivity index (χ1) is 13.7. The number of para-hydroxylation sites is 2. The first-order valence-corrected chi connectivity index (χ1v) is 8.77. The SMILES string of the molecule is CCCC(=O)Nc1c(C)cc(C(=O)N(C)c2ccccc2[N+](=O)[O-])cc1[N+](=O)[O-]. The molecule has 0 aliphatic rings. The first-order valence-electron chi connectivity index (χ1n) is 8.77. The van der Waals surface area contributed by atoms with Gasteiger partial charge < -0.3 is 10.2 Å². The van der Waals surface area contributed by atoms with Crippen molar-refractivity contribution in [2.45, 2.75) is 26.7 Å². The number of benzene rings is 2. The topological polar surface area (TPSA) is 136 Å². The Hall–Kier alpha value is -3.82. The van der Waals surface area contributed by atoms with Crippen molar-refractivity contribution in [2.75, 3.05) is 17.3 Å². The fraction of sp³-hybridized carbons (Fsp3) is 0.263. The monoisotopic (exact) mass is 400 g/mol. The van der Waals surface area contributed by atoms with Gasteiger partial charge in [0.2, 0.25) is 5.91 Å². The minimum Gasteiger partial charge on any atom is -0.320 e. The second kappa shape index (κ2) is 8.91. The quantitative estimate of drug-likeness (QED) is 0.554. The predicted octanol–water partition coefficient (Wildman–Crippen LogP) is 3.83. The molecule has 0 radical (unpaired) electrons. The van der Waals surface area contributed by atoms with E-state index in [1.54, 1.807) is 13.0 Å². The van der Waals surface area contributed by atoms with Crippen LogP contribution in [0.25, 0.3) is 0 Å². The highest BCUT2D eigenvalue weighted by atomic mass is 16.6. The van der Waals surface area contributed by atoms with E-state index in [-0.39, 0.29) is 35.0 Å². The lowest BCUT2D eigenvalue weighted by molar-refractivity contribution is -0.384. The van der Waals surface area contributed by atoms with E-state index in [0.29, 0.717) is 12.0 Å². The van der Waals surface area contributed by atoms with Crippen molar-refractivity contribution in [3.63, 3.8) is 0 Å². The molecule has 2 rings (SSSR count). The molecular weight excluding hydrogens is 380 g/mol. The number of anilines is 2. The van der Waals surface area contributed by atoms with Crippen molar-refractivity contribution >= 4 is 34.6 Å². The molecule has 2 amide bonds. The normalized spacial score (nSPS) is 10.3. The van der Waals surface area contributed by atoms with Crippen molar-refractivity contribution in [3.8, 4) is 0 Å². The Balaban J connectivity index is 2.47. The molecule has 0 heterocycles. The molecule has 0 saturated heterocycles. The van der Waals surface area contributed by atoms with Crippen molar-refractivity contribution in [1.82, 2.24) is 0 Å². The lowest BCUT2D eigenvalue weighted by atomic mass is 10.1. The highest BCUT2D eigenvalue weighted by molar-refractivity contribution is 6.08. The van der Waals surface area contributed by atoms with E-state index in [1.165, 1.54) is 38.2 Å². The average Bonchev–Trinajstić information content (AvgIpc) is 2.68. The summed E-state index contributed by atoms with van der Waals surface area (Å²) in [5, 5.41) is 25.3. The van der Waals surface area contributed by atoms with Gasteiger partial charge in [0.05, 0.1) is 9.85 Å². The minimum absolute atomic E-state index is 0.0247. The number of aryl methyl sites for hydroxylation is 1. The number of amides is 2. The van der Waals surface area contributed by atoms with Gasteiger partial charge in [0.15, 0.2) is 0 Å². The van der Waals surface area contributed by atoms with Crippen LogP contribution in [0.5, 0.6) is 0 Å². The number of hydrogen-bond acceptors (Lipinski definition) is 6. The van der Waals surface area contributed by atoms with Crippen LogP contribution in [-0.2, 0) is 4.79 Å². The number of hydrogen-bond donors (Lipinski definition) is 1. The van der Waals surface area contributed by atoms with Crippen molar-refractivity contribution < 1.29 is 19.4 Å². The van der Waals surface area contributed by atoms with Crippen molar-refractivity contribution in [1.29, 1.82) is 0 Å². The van der Waals surface area contributed by atoms with Crippen LogP contribution in [0.15, 0.2) is 36.4 Å².